The lowest BCUT2D eigenvalue weighted by molar-refractivity contribution is -0.145. The summed E-state index contributed by atoms with van der Waals surface area (Å²) in [6, 6.07) is 22.3. The summed E-state index contributed by atoms with van der Waals surface area (Å²) in [4.78, 5) is 19.3. The molecule has 0 aliphatic heterocycles. The second-order valence-corrected chi connectivity index (χ2v) is 6.46. The fraction of sp³-hybridized carbons (Fsp3) is 0.0870. The number of ether oxygens (including phenoxy) is 2. The summed E-state index contributed by atoms with van der Waals surface area (Å²) in [6.07, 6.45) is 0. The van der Waals surface area contributed by atoms with Crippen molar-refractivity contribution in [1.29, 1.82) is 5.26 Å². The van der Waals surface area contributed by atoms with Gasteiger partial charge in [-0.2, -0.15) is 5.26 Å². The summed E-state index contributed by atoms with van der Waals surface area (Å²) in [5.41, 5.74) is 1.30. The smallest absolute Gasteiger partial charge is 0.344 e. The zero-order chi connectivity index (χ0) is 20.9. The maximum absolute atomic E-state index is 12.1. The van der Waals surface area contributed by atoms with Crippen molar-refractivity contribution >= 4 is 33.3 Å². The third-order valence-electron chi connectivity index (χ3n) is 4.49. The number of fused-ring (bicyclic) bond motifs is 2. The van der Waals surface area contributed by atoms with Crippen LogP contribution < -0.4 is 4.74 Å². The lowest BCUT2D eigenvalue weighted by atomic mass is 10.1. The second kappa shape index (κ2) is 8.37. The Morgan fingerprint density at radius 3 is 2.63 bits per heavy atom. The third-order valence-corrected chi connectivity index (χ3v) is 4.49. The van der Waals surface area contributed by atoms with E-state index >= 15 is 0 Å². The molecule has 0 saturated heterocycles. The highest BCUT2D eigenvalue weighted by Crippen LogP contribution is 2.25. The Morgan fingerprint density at radius 2 is 1.80 bits per heavy atom. The van der Waals surface area contributed by atoms with Gasteiger partial charge in [0.25, 0.3) is 0 Å². The van der Waals surface area contributed by atoms with Gasteiger partial charge >= 0.3 is 5.97 Å². The lowest BCUT2D eigenvalue weighted by Gasteiger charge is -2.09. The summed E-state index contributed by atoms with van der Waals surface area (Å²) < 4.78 is 10.6. The quantitative estimate of drug-likeness (QED) is 0.287. The van der Waals surface area contributed by atoms with Gasteiger partial charge in [-0.25, -0.2) is 9.78 Å². The van der Waals surface area contributed by atoms with Gasteiger partial charge in [-0.1, -0.05) is 48.5 Å². The number of H-pyrrole nitrogens is 1. The van der Waals surface area contributed by atoms with Crippen molar-refractivity contribution in [2.24, 2.45) is 0 Å². The van der Waals surface area contributed by atoms with Crippen LogP contribution in [0.1, 0.15) is 5.82 Å². The number of hydrogen-bond acceptors (Lipinski definition) is 6. The van der Waals surface area contributed by atoms with Gasteiger partial charge in [0.05, 0.1) is 11.0 Å². The minimum Gasteiger partial charge on any atom is -0.507 e. The predicted molar refractivity (Wildman–Crippen MR) is 112 cm³/mol. The number of allylic oxidation sites excluding steroid dienone is 1. The van der Waals surface area contributed by atoms with Crippen LogP contribution in [0.15, 0.2) is 72.5 Å². The van der Waals surface area contributed by atoms with Crippen molar-refractivity contribution in [3.8, 4) is 11.8 Å². The Kier molecular flexibility index (Phi) is 5.31. The molecule has 148 valence electrons. The molecule has 0 unspecified atom stereocenters. The number of carbonyl (C=O) groups is 1. The number of hydrogen-bond donors (Lipinski definition) is 2. The Hall–Kier alpha value is -4.31. The van der Waals surface area contributed by atoms with Crippen molar-refractivity contribution in [2.75, 3.05) is 13.2 Å². The van der Waals surface area contributed by atoms with E-state index in [4.69, 9.17) is 9.47 Å². The van der Waals surface area contributed by atoms with Gasteiger partial charge in [-0.15, -0.1) is 0 Å². The summed E-state index contributed by atoms with van der Waals surface area (Å²) in [5.74, 6) is -0.296. The van der Waals surface area contributed by atoms with Crippen molar-refractivity contribution in [3.63, 3.8) is 0 Å². The Bertz CT molecular complexity index is 1260. The number of aromatic amines is 1. The average molecular weight is 399 g/mol. The van der Waals surface area contributed by atoms with Crippen LogP contribution in [0.4, 0.5) is 0 Å². The molecule has 0 bridgehead atoms. The van der Waals surface area contributed by atoms with Crippen LogP contribution in [0.2, 0.25) is 0 Å². The summed E-state index contributed by atoms with van der Waals surface area (Å²) >= 11 is 0. The first-order valence-electron chi connectivity index (χ1n) is 9.19. The molecule has 2 N–H and O–H groups in total. The van der Waals surface area contributed by atoms with E-state index in [1.807, 2.05) is 60.7 Å². The van der Waals surface area contributed by atoms with Crippen molar-refractivity contribution in [1.82, 2.24) is 9.97 Å². The minimum atomic E-state index is -0.670. The van der Waals surface area contributed by atoms with Crippen LogP contribution in [0.3, 0.4) is 0 Å². The minimum absolute atomic E-state index is 0.0889. The van der Waals surface area contributed by atoms with Crippen LogP contribution in [0.5, 0.6) is 5.75 Å². The number of benzene rings is 3. The summed E-state index contributed by atoms with van der Waals surface area (Å²) in [7, 11) is 0. The zero-order valence-corrected chi connectivity index (χ0v) is 15.8. The van der Waals surface area contributed by atoms with Gasteiger partial charge in [-0.3, -0.25) is 0 Å². The summed E-state index contributed by atoms with van der Waals surface area (Å²) in [5, 5.41) is 21.5. The molecule has 0 saturated carbocycles. The molecule has 30 heavy (non-hydrogen) atoms. The molecule has 0 atom stereocenters. The second-order valence-electron chi connectivity index (χ2n) is 6.46. The number of para-hydroxylation sites is 2. The SMILES string of the molecule is N#CC(=C(O)COC(=O)COc1cccc2ccccc12)c1nc2ccccc2[nH]1. The molecule has 0 fully saturated rings. The van der Waals surface area contributed by atoms with Crippen LogP contribution in [-0.2, 0) is 9.53 Å². The number of rotatable bonds is 6. The number of nitrogens with zero attached hydrogens (tertiary/aromatic N) is 2. The standard InChI is InChI=1S/C23H17N3O4/c24-12-17(23-25-18-9-3-4-10-19(18)26-23)20(27)13-30-22(28)14-29-21-11-5-7-15-6-1-2-8-16(15)21/h1-11,27H,13-14H2,(H,25,26). The van der Waals surface area contributed by atoms with Crippen molar-refractivity contribution < 1.29 is 19.4 Å². The highest BCUT2D eigenvalue weighted by Gasteiger charge is 2.15. The average Bonchev–Trinajstić information content (AvgIpc) is 3.20. The van der Waals surface area contributed by atoms with E-state index in [0.717, 1.165) is 16.3 Å². The highest BCUT2D eigenvalue weighted by molar-refractivity contribution is 5.88. The van der Waals surface area contributed by atoms with Crippen LogP contribution >= 0.6 is 0 Å². The van der Waals surface area contributed by atoms with Gasteiger partial charge in [0.1, 0.15) is 24.0 Å². The van der Waals surface area contributed by atoms with E-state index in [1.165, 1.54) is 0 Å². The normalized spacial score (nSPS) is 11.7. The van der Waals surface area contributed by atoms with Gasteiger partial charge in [-0.05, 0) is 23.6 Å². The Labute approximate surface area is 171 Å². The van der Waals surface area contributed by atoms with Crippen LogP contribution in [0, 0.1) is 11.3 Å². The molecular formula is C23H17N3O4. The van der Waals surface area contributed by atoms with Crippen LogP contribution in [0.25, 0.3) is 27.4 Å². The van der Waals surface area contributed by atoms with Gasteiger partial charge in [0.2, 0.25) is 0 Å². The number of aromatic nitrogens is 2. The molecule has 7 nitrogen and oxygen atoms in total. The van der Waals surface area contributed by atoms with Crippen molar-refractivity contribution in [3.05, 3.63) is 78.3 Å². The topological polar surface area (TPSA) is 108 Å². The van der Waals surface area contributed by atoms with Gasteiger partial charge in [0, 0.05) is 5.39 Å². The van der Waals surface area contributed by atoms with Gasteiger partial charge in [0.15, 0.2) is 18.2 Å². The number of aliphatic hydroxyl groups excluding tert-OH is 1. The number of aliphatic hydroxyl groups is 1. The molecule has 1 heterocycles. The molecule has 3 aromatic carbocycles. The zero-order valence-electron chi connectivity index (χ0n) is 15.8. The molecule has 0 radical (unpaired) electrons. The largest absolute Gasteiger partial charge is 0.507 e. The fourth-order valence-electron chi connectivity index (χ4n) is 3.05. The van der Waals surface area contributed by atoms with E-state index in [0.29, 0.717) is 11.3 Å². The number of imidazole rings is 1. The maximum atomic E-state index is 12.1. The number of carbonyl (C=O) groups excluding carboxylic acids is 1. The number of nitriles is 1. The molecular weight excluding hydrogens is 382 g/mol. The Morgan fingerprint density at radius 1 is 1.03 bits per heavy atom. The number of nitrogens with one attached hydrogen (secondary N) is 1. The van der Waals surface area contributed by atoms with E-state index in [-0.39, 0.29) is 18.0 Å². The van der Waals surface area contributed by atoms with E-state index < -0.39 is 18.3 Å². The molecule has 0 spiro atoms. The lowest BCUT2D eigenvalue weighted by Crippen LogP contribution is -2.16. The van der Waals surface area contributed by atoms with Gasteiger partial charge < -0.3 is 19.6 Å². The van der Waals surface area contributed by atoms with E-state index in [1.54, 1.807) is 12.1 Å². The van der Waals surface area contributed by atoms with E-state index in [2.05, 4.69) is 9.97 Å². The van der Waals surface area contributed by atoms with Crippen molar-refractivity contribution in [2.45, 2.75) is 0 Å². The highest BCUT2D eigenvalue weighted by atomic mass is 16.6. The molecule has 4 aromatic rings. The summed E-state index contributed by atoms with van der Waals surface area (Å²) in [6.45, 7) is -0.786. The molecule has 7 heteroatoms. The fourth-order valence-corrected chi connectivity index (χ4v) is 3.05. The Balaban J connectivity index is 1.41. The molecule has 0 aliphatic carbocycles. The predicted octanol–water partition coefficient (Wildman–Crippen LogP) is 4.13. The first-order chi connectivity index (χ1) is 14.7. The molecule has 0 amide bonds. The number of esters is 1. The first kappa shape index (κ1) is 19.0. The maximum Gasteiger partial charge on any atom is 0.344 e. The van der Waals surface area contributed by atoms with Crippen LogP contribution in [-0.4, -0.2) is 34.3 Å². The first-order valence-corrected chi connectivity index (χ1v) is 9.19. The third kappa shape index (κ3) is 3.93. The molecule has 0 aliphatic rings. The molecule has 1 aromatic heterocycles. The van der Waals surface area contributed by atoms with E-state index in [9.17, 15) is 15.2 Å². The monoisotopic (exact) mass is 399 g/mol. The molecule has 4 rings (SSSR count).